The van der Waals surface area contributed by atoms with Crippen molar-refractivity contribution in [1.29, 1.82) is 0 Å². The molecule has 0 saturated heterocycles. The molecule has 3 N–H and O–H groups in total. The summed E-state index contributed by atoms with van der Waals surface area (Å²) in [6.07, 6.45) is 2.97. The summed E-state index contributed by atoms with van der Waals surface area (Å²) in [7, 11) is 1.69. The summed E-state index contributed by atoms with van der Waals surface area (Å²) in [4.78, 5) is 8.18. The number of hydrogen-bond donors (Lipinski definition) is 2. The number of ether oxygens (including phenoxy) is 2. The van der Waals surface area contributed by atoms with Crippen molar-refractivity contribution in [3.8, 4) is 5.88 Å². The average Bonchev–Trinajstić information content (AvgIpc) is 2.38. The van der Waals surface area contributed by atoms with E-state index in [2.05, 4.69) is 15.4 Å². The van der Waals surface area contributed by atoms with Crippen LogP contribution < -0.4 is 16.0 Å². The van der Waals surface area contributed by atoms with Gasteiger partial charge < -0.3 is 14.9 Å². The molecular formula is C12H22N4O2. The monoisotopic (exact) mass is 254 g/mol. The first-order chi connectivity index (χ1) is 8.54. The zero-order valence-corrected chi connectivity index (χ0v) is 11.5. The first kappa shape index (κ1) is 14.7. The lowest BCUT2D eigenvalue weighted by Gasteiger charge is -2.22. The Morgan fingerprint density at radius 2 is 2.11 bits per heavy atom. The Hall–Kier alpha value is -1.40. The molecule has 1 aromatic heterocycles. The van der Waals surface area contributed by atoms with Crippen LogP contribution in [0.3, 0.4) is 0 Å². The number of nitrogens with zero attached hydrogens (tertiary/aromatic N) is 2. The molecule has 0 atom stereocenters. The first-order valence-corrected chi connectivity index (χ1v) is 6.02. The van der Waals surface area contributed by atoms with Crippen LogP contribution in [0.4, 0.5) is 5.82 Å². The molecule has 1 heterocycles. The van der Waals surface area contributed by atoms with E-state index >= 15 is 0 Å². The van der Waals surface area contributed by atoms with Gasteiger partial charge in [0.2, 0.25) is 5.88 Å². The lowest BCUT2D eigenvalue weighted by atomic mass is 10.1. The van der Waals surface area contributed by atoms with Crippen LogP contribution in [0, 0.1) is 0 Å². The second-order valence-electron chi connectivity index (χ2n) is 4.57. The van der Waals surface area contributed by atoms with Gasteiger partial charge in [0.05, 0.1) is 17.8 Å². The van der Waals surface area contributed by atoms with Gasteiger partial charge in [0, 0.05) is 13.5 Å². The molecule has 0 spiro atoms. The maximum atomic E-state index is 5.68. The number of nitrogens with one attached hydrogen (secondary N) is 1. The molecule has 0 amide bonds. The van der Waals surface area contributed by atoms with Gasteiger partial charge in [-0.3, -0.25) is 0 Å². The van der Waals surface area contributed by atoms with E-state index in [0.29, 0.717) is 18.3 Å². The molecule has 1 rings (SSSR count). The van der Waals surface area contributed by atoms with Crippen molar-refractivity contribution in [1.82, 2.24) is 9.97 Å². The Balaban J connectivity index is 2.67. The largest absolute Gasteiger partial charge is 0.477 e. The molecule has 6 heteroatoms. The zero-order valence-electron chi connectivity index (χ0n) is 11.5. The van der Waals surface area contributed by atoms with E-state index in [1.807, 2.05) is 20.8 Å². The minimum atomic E-state index is -0.200. The van der Waals surface area contributed by atoms with Crippen LogP contribution in [0.1, 0.15) is 32.8 Å². The smallest absolute Gasteiger partial charge is 0.221 e. The molecule has 0 aromatic carbocycles. The van der Waals surface area contributed by atoms with E-state index in [0.717, 1.165) is 18.4 Å². The predicted molar refractivity (Wildman–Crippen MR) is 70.4 cm³/mol. The highest BCUT2D eigenvalue weighted by molar-refractivity contribution is 5.47. The number of rotatable bonds is 7. The zero-order chi connectivity index (χ0) is 13.6. The van der Waals surface area contributed by atoms with E-state index in [4.69, 9.17) is 15.3 Å². The molecule has 0 radical (unpaired) electrons. The summed E-state index contributed by atoms with van der Waals surface area (Å²) in [5.41, 5.74) is 3.23. The summed E-state index contributed by atoms with van der Waals surface area (Å²) in [6, 6.07) is 0. The van der Waals surface area contributed by atoms with Crippen LogP contribution in [0.5, 0.6) is 5.88 Å². The third kappa shape index (κ3) is 3.82. The molecule has 0 aliphatic carbocycles. The number of aromatic nitrogens is 2. The van der Waals surface area contributed by atoms with Crippen molar-refractivity contribution in [3.63, 3.8) is 0 Å². The molecule has 102 valence electrons. The van der Waals surface area contributed by atoms with Crippen LogP contribution in [0.2, 0.25) is 0 Å². The number of anilines is 1. The molecule has 1 aromatic rings. The maximum absolute atomic E-state index is 5.68. The van der Waals surface area contributed by atoms with Crippen molar-refractivity contribution in [2.75, 3.05) is 19.1 Å². The Bertz CT molecular complexity index is 382. The Labute approximate surface area is 108 Å². The summed E-state index contributed by atoms with van der Waals surface area (Å²) < 4.78 is 11.0. The summed E-state index contributed by atoms with van der Waals surface area (Å²) in [5, 5.41) is 0. The fourth-order valence-corrected chi connectivity index (χ4v) is 1.46. The molecule has 0 bridgehead atoms. The molecule has 0 unspecified atom stereocenters. The van der Waals surface area contributed by atoms with Gasteiger partial charge in [0.15, 0.2) is 0 Å². The van der Waals surface area contributed by atoms with Crippen molar-refractivity contribution in [2.45, 2.75) is 39.2 Å². The highest BCUT2D eigenvalue weighted by Gasteiger charge is 2.17. The Morgan fingerprint density at radius 3 is 2.67 bits per heavy atom. The lowest BCUT2D eigenvalue weighted by molar-refractivity contribution is 0.00500. The number of nitrogens with two attached hydrogens (primary N) is 1. The highest BCUT2D eigenvalue weighted by atomic mass is 16.5. The minimum absolute atomic E-state index is 0.200. The highest BCUT2D eigenvalue weighted by Crippen LogP contribution is 2.22. The van der Waals surface area contributed by atoms with Gasteiger partial charge in [-0.15, -0.1) is 0 Å². The van der Waals surface area contributed by atoms with E-state index in [-0.39, 0.29) is 5.60 Å². The van der Waals surface area contributed by atoms with Gasteiger partial charge in [-0.05, 0) is 20.3 Å². The third-order valence-corrected chi connectivity index (χ3v) is 2.89. The molecule has 0 fully saturated rings. The van der Waals surface area contributed by atoms with Crippen LogP contribution in [-0.2, 0) is 11.2 Å². The normalized spacial score (nSPS) is 11.4. The van der Waals surface area contributed by atoms with Gasteiger partial charge in [0.1, 0.15) is 12.1 Å². The molecule has 6 nitrogen and oxygen atoms in total. The fourth-order valence-electron chi connectivity index (χ4n) is 1.46. The maximum Gasteiger partial charge on any atom is 0.221 e. The number of hydrazine groups is 1. The second-order valence-corrected chi connectivity index (χ2v) is 4.57. The van der Waals surface area contributed by atoms with Gasteiger partial charge in [-0.2, -0.15) is 0 Å². The van der Waals surface area contributed by atoms with Crippen LogP contribution >= 0.6 is 0 Å². The van der Waals surface area contributed by atoms with Gasteiger partial charge >= 0.3 is 0 Å². The molecule has 0 aliphatic heterocycles. The van der Waals surface area contributed by atoms with Crippen LogP contribution in [0.25, 0.3) is 0 Å². The number of nitrogen functional groups attached to an aromatic ring is 1. The Morgan fingerprint density at radius 1 is 1.39 bits per heavy atom. The standard InChI is InChI=1S/C12H22N4O2/c1-5-9-10(16-13)14-8-15-11(9)18-7-6-12(2,3)17-4/h8H,5-7,13H2,1-4H3,(H,14,15,16). The molecule has 18 heavy (non-hydrogen) atoms. The van der Waals surface area contributed by atoms with E-state index in [9.17, 15) is 0 Å². The van der Waals surface area contributed by atoms with Crippen LogP contribution in [-0.4, -0.2) is 29.3 Å². The lowest BCUT2D eigenvalue weighted by Crippen LogP contribution is -2.25. The molecule has 0 aliphatic rings. The summed E-state index contributed by atoms with van der Waals surface area (Å²) in [5.74, 6) is 6.58. The van der Waals surface area contributed by atoms with Crippen molar-refractivity contribution in [2.24, 2.45) is 5.84 Å². The second kappa shape index (κ2) is 6.51. The molecule has 0 saturated carbocycles. The summed E-state index contributed by atoms with van der Waals surface area (Å²) in [6.45, 7) is 6.58. The van der Waals surface area contributed by atoms with E-state index < -0.39 is 0 Å². The topological polar surface area (TPSA) is 82.3 Å². The van der Waals surface area contributed by atoms with Crippen molar-refractivity contribution in [3.05, 3.63) is 11.9 Å². The molecular weight excluding hydrogens is 232 g/mol. The van der Waals surface area contributed by atoms with Gasteiger partial charge in [-0.25, -0.2) is 15.8 Å². The SMILES string of the molecule is CCc1c(NN)ncnc1OCCC(C)(C)OC. The first-order valence-electron chi connectivity index (χ1n) is 6.02. The number of hydrogen-bond acceptors (Lipinski definition) is 6. The summed E-state index contributed by atoms with van der Waals surface area (Å²) >= 11 is 0. The van der Waals surface area contributed by atoms with Gasteiger partial charge in [-0.1, -0.05) is 6.92 Å². The third-order valence-electron chi connectivity index (χ3n) is 2.89. The quantitative estimate of drug-likeness (QED) is 0.567. The fraction of sp³-hybridized carbons (Fsp3) is 0.667. The minimum Gasteiger partial charge on any atom is -0.477 e. The Kier molecular flexibility index (Phi) is 5.30. The van der Waals surface area contributed by atoms with Crippen LogP contribution in [0.15, 0.2) is 6.33 Å². The van der Waals surface area contributed by atoms with Gasteiger partial charge in [0.25, 0.3) is 0 Å². The number of methoxy groups -OCH3 is 1. The van der Waals surface area contributed by atoms with Crippen molar-refractivity contribution < 1.29 is 9.47 Å². The van der Waals surface area contributed by atoms with E-state index in [1.165, 1.54) is 6.33 Å². The van der Waals surface area contributed by atoms with E-state index in [1.54, 1.807) is 7.11 Å². The average molecular weight is 254 g/mol. The van der Waals surface area contributed by atoms with Crippen molar-refractivity contribution >= 4 is 5.82 Å². The predicted octanol–water partition coefficient (Wildman–Crippen LogP) is 1.52.